The molecular weight excluding hydrogens is 414 g/mol. The van der Waals surface area contributed by atoms with Gasteiger partial charge >= 0.3 is 0 Å². The van der Waals surface area contributed by atoms with Crippen LogP contribution in [0.25, 0.3) is 0 Å². The average molecular weight is 440 g/mol. The molecule has 2 N–H and O–H groups in total. The lowest BCUT2D eigenvalue weighted by molar-refractivity contribution is -0.125. The second-order valence-electron chi connectivity index (χ2n) is 7.57. The maximum atomic E-state index is 13.1. The van der Waals surface area contributed by atoms with Gasteiger partial charge < -0.3 is 20.3 Å². The fourth-order valence-electron chi connectivity index (χ4n) is 3.67. The topological polar surface area (TPSA) is 87.7 Å². The molecule has 0 radical (unpaired) electrons. The summed E-state index contributed by atoms with van der Waals surface area (Å²) in [4.78, 5) is 39.7. The Bertz CT molecular complexity index is 947. The first-order valence-electron chi connectivity index (χ1n) is 10.3. The molecule has 2 heterocycles. The maximum Gasteiger partial charge on any atom is 0.255 e. The first kappa shape index (κ1) is 21.4. The van der Waals surface area contributed by atoms with Crippen molar-refractivity contribution in [2.24, 2.45) is 0 Å². The molecule has 162 valence electrons. The average Bonchev–Trinajstić information content (AvgIpc) is 3.50. The highest BCUT2D eigenvalue weighted by molar-refractivity contribution is 7.99. The third-order valence-corrected chi connectivity index (χ3v) is 6.37. The molecular formula is C23H25N3O4S. The number of thioether (sulfide) groups is 1. The first-order valence-corrected chi connectivity index (χ1v) is 11.5. The molecule has 4 rings (SSSR count). The van der Waals surface area contributed by atoms with E-state index in [0.717, 1.165) is 12.0 Å². The predicted octanol–water partition coefficient (Wildman–Crippen LogP) is 2.64. The number of carbonyl (C=O) groups is 3. The molecule has 2 aromatic carbocycles. The SMILES string of the molecule is O=C(Nc1cccc(C(=O)N2CSCC2C(=O)NCc2ccccc2)c1)C1CCCO1. The van der Waals surface area contributed by atoms with Gasteiger partial charge in [-0.3, -0.25) is 14.4 Å². The van der Waals surface area contributed by atoms with Crippen LogP contribution in [0.4, 0.5) is 5.69 Å². The third kappa shape index (κ3) is 5.26. The van der Waals surface area contributed by atoms with Crippen LogP contribution >= 0.6 is 11.8 Å². The summed E-state index contributed by atoms with van der Waals surface area (Å²) in [5.41, 5.74) is 1.99. The van der Waals surface area contributed by atoms with Crippen molar-refractivity contribution in [2.75, 3.05) is 23.6 Å². The van der Waals surface area contributed by atoms with E-state index >= 15 is 0 Å². The summed E-state index contributed by atoms with van der Waals surface area (Å²) >= 11 is 1.55. The highest BCUT2D eigenvalue weighted by atomic mass is 32.2. The van der Waals surface area contributed by atoms with E-state index in [2.05, 4.69) is 10.6 Å². The minimum absolute atomic E-state index is 0.162. The molecule has 3 amide bonds. The maximum absolute atomic E-state index is 13.1. The van der Waals surface area contributed by atoms with Crippen LogP contribution in [0.5, 0.6) is 0 Å². The number of hydrogen-bond acceptors (Lipinski definition) is 5. The minimum atomic E-state index is -0.522. The molecule has 0 bridgehead atoms. The Morgan fingerprint density at radius 2 is 1.90 bits per heavy atom. The fraction of sp³-hybridized carbons (Fsp3) is 0.348. The van der Waals surface area contributed by atoms with Gasteiger partial charge in [0.1, 0.15) is 12.1 Å². The zero-order chi connectivity index (χ0) is 21.6. The summed E-state index contributed by atoms with van der Waals surface area (Å²) in [5.74, 6) is 0.427. The fourth-order valence-corrected chi connectivity index (χ4v) is 4.82. The van der Waals surface area contributed by atoms with Crippen LogP contribution in [0.1, 0.15) is 28.8 Å². The van der Waals surface area contributed by atoms with E-state index in [0.29, 0.717) is 42.5 Å². The van der Waals surface area contributed by atoms with Gasteiger partial charge in [0.25, 0.3) is 11.8 Å². The number of ether oxygens (including phenoxy) is 1. The summed E-state index contributed by atoms with van der Waals surface area (Å²) < 4.78 is 5.41. The standard InChI is InChI=1S/C23H25N3O4S/c27-21(24-13-16-6-2-1-3-7-16)19-14-31-15-26(19)23(29)17-8-4-9-18(12-17)25-22(28)20-10-5-11-30-20/h1-4,6-9,12,19-20H,5,10-11,13-15H2,(H,24,27)(H,25,28). The second kappa shape index (κ2) is 9.98. The number of amides is 3. The van der Waals surface area contributed by atoms with Gasteiger partial charge in [-0.15, -0.1) is 11.8 Å². The van der Waals surface area contributed by atoms with Crippen molar-refractivity contribution in [3.05, 3.63) is 65.7 Å². The number of nitrogens with one attached hydrogen (secondary N) is 2. The quantitative estimate of drug-likeness (QED) is 0.723. The first-order chi connectivity index (χ1) is 15.1. The molecule has 0 saturated carbocycles. The largest absolute Gasteiger partial charge is 0.368 e. The highest BCUT2D eigenvalue weighted by Crippen LogP contribution is 2.25. The zero-order valence-electron chi connectivity index (χ0n) is 17.1. The molecule has 2 aliphatic heterocycles. The van der Waals surface area contributed by atoms with Crippen molar-refractivity contribution in [1.82, 2.24) is 10.2 Å². The minimum Gasteiger partial charge on any atom is -0.368 e. The Kier molecular flexibility index (Phi) is 6.89. The molecule has 2 atom stereocenters. The number of benzene rings is 2. The van der Waals surface area contributed by atoms with Gasteiger partial charge in [0.15, 0.2) is 0 Å². The Hall–Kier alpha value is -2.84. The van der Waals surface area contributed by atoms with Crippen molar-refractivity contribution in [2.45, 2.75) is 31.5 Å². The van der Waals surface area contributed by atoms with Gasteiger partial charge in [-0.2, -0.15) is 0 Å². The molecule has 31 heavy (non-hydrogen) atoms. The van der Waals surface area contributed by atoms with Crippen molar-refractivity contribution >= 4 is 35.2 Å². The van der Waals surface area contributed by atoms with Crippen LogP contribution in [0.3, 0.4) is 0 Å². The number of hydrogen-bond donors (Lipinski definition) is 2. The van der Waals surface area contributed by atoms with E-state index in [1.807, 2.05) is 30.3 Å². The summed E-state index contributed by atoms with van der Waals surface area (Å²) in [5, 5.41) is 5.75. The van der Waals surface area contributed by atoms with Gasteiger partial charge in [-0.1, -0.05) is 36.4 Å². The van der Waals surface area contributed by atoms with E-state index in [9.17, 15) is 14.4 Å². The molecule has 7 nitrogen and oxygen atoms in total. The van der Waals surface area contributed by atoms with E-state index < -0.39 is 12.1 Å². The molecule has 2 fully saturated rings. The highest BCUT2D eigenvalue weighted by Gasteiger charge is 2.35. The number of anilines is 1. The van der Waals surface area contributed by atoms with Gasteiger partial charge in [0.05, 0.1) is 5.88 Å². The van der Waals surface area contributed by atoms with Crippen LogP contribution in [0, 0.1) is 0 Å². The van der Waals surface area contributed by atoms with E-state index in [4.69, 9.17) is 4.74 Å². The summed E-state index contributed by atoms with van der Waals surface area (Å²) in [6.45, 7) is 1.02. The monoisotopic (exact) mass is 439 g/mol. The summed E-state index contributed by atoms with van der Waals surface area (Å²) in [7, 11) is 0. The molecule has 2 unspecified atom stereocenters. The lowest BCUT2D eigenvalue weighted by atomic mass is 10.1. The predicted molar refractivity (Wildman–Crippen MR) is 120 cm³/mol. The zero-order valence-corrected chi connectivity index (χ0v) is 17.9. The normalized spacial score (nSPS) is 20.5. The van der Waals surface area contributed by atoms with Crippen LogP contribution < -0.4 is 10.6 Å². The molecule has 2 aliphatic rings. The molecule has 2 saturated heterocycles. The summed E-state index contributed by atoms with van der Waals surface area (Å²) in [6, 6.07) is 16.0. The Morgan fingerprint density at radius 3 is 2.68 bits per heavy atom. The third-order valence-electron chi connectivity index (χ3n) is 5.35. The van der Waals surface area contributed by atoms with Gasteiger partial charge in [0, 0.05) is 30.2 Å². The van der Waals surface area contributed by atoms with Crippen molar-refractivity contribution in [3.63, 3.8) is 0 Å². The Morgan fingerprint density at radius 1 is 1.06 bits per heavy atom. The molecule has 0 spiro atoms. The van der Waals surface area contributed by atoms with Gasteiger partial charge in [-0.05, 0) is 36.6 Å². The van der Waals surface area contributed by atoms with Crippen LogP contribution in [-0.4, -0.2) is 53.0 Å². The van der Waals surface area contributed by atoms with Crippen LogP contribution in [0.2, 0.25) is 0 Å². The van der Waals surface area contributed by atoms with Crippen LogP contribution in [0.15, 0.2) is 54.6 Å². The van der Waals surface area contributed by atoms with Crippen LogP contribution in [-0.2, 0) is 20.9 Å². The van der Waals surface area contributed by atoms with E-state index in [1.165, 1.54) is 0 Å². The number of carbonyl (C=O) groups excluding carboxylic acids is 3. The Labute approximate surface area is 185 Å². The molecule has 0 aliphatic carbocycles. The lowest BCUT2D eigenvalue weighted by Gasteiger charge is -2.23. The van der Waals surface area contributed by atoms with E-state index in [1.54, 1.807) is 40.9 Å². The van der Waals surface area contributed by atoms with E-state index in [-0.39, 0.29) is 17.7 Å². The number of nitrogens with zero attached hydrogens (tertiary/aromatic N) is 1. The van der Waals surface area contributed by atoms with Crippen molar-refractivity contribution in [1.29, 1.82) is 0 Å². The lowest BCUT2D eigenvalue weighted by Crippen LogP contribution is -2.47. The van der Waals surface area contributed by atoms with Gasteiger partial charge in [0.2, 0.25) is 5.91 Å². The number of rotatable bonds is 6. The Balaban J connectivity index is 1.39. The second-order valence-corrected chi connectivity index (χ2v) is 8.57. The van der Waals surface area contributed by atoms with Crippen molar-refractivity contribution in [3.8, 4) is 0 Å². The molecule has 2 aromatic rings. The smallest absolute Gasteiger partial charge is 0.255 e. The van der Waals surface area contributed by atoms with Crippen molar-refractivity contribution < 1.29 is 19.1 Å². The van der Waals surface area contributed by atoms with Gasteiger partial charge in [-0.25, -0.2) is 0 Å². The molecule has 0 aromatic heterocycles. The summed E-state index contributed by atoms with van der Waals surface area (Å²) in [6.07, 6.45) is 1.14. The molecule has 8 heteroatoms.